The molecule has 0 aliphatic rings. The van der Waals surface area contributed by atoms with E-state index in [-0.39, 0.29) is 5.89 Å². The van der Waals surface area contributed by atoms with E-state index in [1.165, 1.54) is 17.9 Å². The van der Waals surface area contributed by atoms with Crippen molar-refractivity contribution < 1.29 is 14.4 Å². The number of carbonyl (C=O) groups is 1. The van der Waals surface area contributed by atoms with Crippen molar-refractivity contribution in [1.29, 1.82) is 0 Å². The molecule has 1 heterocycles. The van der Waals surface area contributed by atoms with Gasteiger partial charge in [-0.2, -0.15) is 0 Å². The molecule has 0 aliphatic heterocycles. The van der Waals surface area contributed by atoms with E-state index in [1.807, 2.05) is 0 Å². The summed E-state index contributed by atoms with van der Waals surface area (Å²) < 4.78 is 4.50. The first kappa shape index (κ1) is 5.77. The van der Waals surface area contributed by atoms with Crippen molar-refractivity contribution in [3.63, 3.8) is 0 Å². The van der Waals surface area contributed by atoms with Gasteiger partial charge >= 0.3 is 5.91 Å². The van der Waals surface area contributed by atoms with E-state index < -0.39 is 5.91 Å². The van der Waals surface area contributed by atoms with Crippen molar-refractivity contribution in [3.8, 4) is 0 Å². The molecular formula is C4H4N2O3. The molecular weight excluding hydrogens is 124 g/mol. The average Bonchev–Trinajstić information content (AvgIpc) is 2.37. The molecule has 48 valence electrons. The number of rotatable bonds is 1. The first-order valence-electron chi connectivity index (χ1n) is 2.18. The van der Waals surface area contributed by atoms with Gasteiger partial charge in [0.25, 0.3) is 5.89 Å². The first-order valence-corrected chi connectivity index (χ1v) is 2.18. The van der Waals surface area contributed by atoms with E-state index in [9.17, 15) is 4.79 Å². The SMILES string of the molecule is O=C(NO)c1ncco1. The predicted molar refractivity (Wildman–Crippen MR) is 25.8 cm³/mol. The van der Waals surface area contributed by atoms with Crippen LogP contribution in [0.4, 0.5) is 0 Å². The number of oxazole rings is 1. The standard InChI is InChI=1S/C4H4N2O3/c7-3(6-8)4-5-1-2-9-4/h1-2,8H,(H,6,7). The third-order valence-corrected chi connectivity index (χ3v) is 0.728. The fourth-order valence-electron chi connectivity index (χ4n) is 0.383. The maximum Gasteiger partial charge on any atom is 0.330 e. The molecule has 0 radical (unpaired) electrons. The van der Waals surface area contributed by atoms with Gasteiger partial charge in [-0.05, 0) is 0 Å². The smallest absolute Gasteiger partial charge is 0.330 e. The Morgan fingerprint density at radius 2 is 2.67 bits per heavy atom. The zero-order valence-electron chi connectivity index (χ0n) is 4.37. The van der Waals surface area contributed by atoms with E-state index in [4.69, 9.17) is 5.21 Å². The van der Waals surface area contributed by atoms with Crippen LogP contribution in [0.3, 0.4) is 0 Å². The van der Waals surface area contributed by atoms with Gasteiger partial charge in [-0.3, -0.25) is 10.0 Å². The van der Waals surface area contributed by atoms with Crippen LogP contribution in [0, 0.1) is 0 Å². The fraction of sp³-hybridized carbons (Fsp3) is 0. The summed E-state index contributed by atoms with van der Waals surface area (Å²) in [5.41, 5.74) is 1.37. The van der Waals surface area contributed by atoms with E-state index in [0.29, 0.717) is 0 Å². The summed E-state index contributed by atoms with van der Waals surface area (Å²) in [6, 6.07) is 0. The highest BCUT2D eigenvalue weighted by atomic mass is 16.5. The lowest BCUT2D eigenvalue weighted by atomic mass is 10.6. The average molecular weight is 128 g/mol. The lowest BCUT2D eigenvalue weighted by molar-refractivity contribution is 0.0668. The Morgan fingerprint density at radius 3 is 3.11 bits per heavy atom. The zero-order valence-corrected chi connectivity index (χ0v) is 4.37. The predicted octanol–water partition coefficient (Wildman–Crippen LogP) is -0.206. The van der Waals surface area contributed by atoms with Crippen LogP contribution in [0.1, 0.15) is 10.7 Å². The van der Waals surface area contributed by atoms with Gasteiger partial charge in [-0.1, -0.05) is 0 Å². The Balaban J connectivity index is 2.77. The minimum absolute atomic E-state index is 0.155. The van der Waals surface area contributed by atoms with Crippen LogP contribution in [-0.4, -0.2) is 16.1 Å². The van der Waals surface area contributed by atoms with Crippen LogP contribution in [0.2, 0.25) is 0 Å². The van der Waals surface area contributed by atoms with Crippen molar-refractivity contribution in [2.75, 3.05) is 0 Å². The number of amides is 1. The second-order valence-corrected chi connectivity index (χ2v) is 1.28. The number of carbonyl (C=O) groups excluding carboxylic acids is 1. The third-order valence-electron chi connectivity index (χ3n) is 0.728. The molecule has 0 bridgehead atoms. The number of hydrogen-bond acceptors (Lipinski definition) is 4. The number of hydrogen-bond donors (Lipinski definition) is 2. The second-order valence-electron chi connectivity index (χ2n) is 1.28. The maximum atomic E-state index is 10.4. The minimum atomic E-state index is -0.750. The van der Waals surface area contributed by atoms with Crippen molar-refractivity contribution in [1.82, 2.24) is 10.5 Å². The summed E-state index contributed by atoms with van der Waals surface area (Å²) >= 11 is 0. The van der Waals surface area contributed by atoms with Gasteiger partial charge in [0, 0.05) is 0 Å². The molecule has 1 rings (SSSR count). The molecule has 0 fully saturated rings. The van der Waals surface area contributed by atoms with Crippen LogP contribution in [0.25, 0.3) is 0 Å². The van der Waals surface area contributed by atoms with Crippen LogP contribution in [0.5, 0.6) is 0 Å². The van der Waals surface area contributed by atoms with Crippen LogP contribution < -0.4 is 5.48 Å². The summed E-state index contributed by atoms with van der Waals surface area (Å²) in [5, 5.41) is 8.01. The molecule has 1 aromatic rings. The summed E-state index contributed by atoms with van der Waals surface area (Å²) in [6.07, 6.45) is 2.55. The minimum Gasteiger partial charge on any atom is -0.441 e. The lowest BCUT2D eigenvalue weighted by Gasteiger charge is -1.87. The molecule has 0 aromatic carbocycles. The number of nitrogens with one attached hydrogen (secondary N) is 1. The van der Waals surface area contributed by atoms with Crippen molar-refractivity contribution in [2.45, 2.75) is 0 Å². The molecule has 5 nitrogen and oxygen atoms in total. The summed E-state index contributed by atoms with van der Waals surface area (Å²) in [7, 11) is 0. The molecule has 0 spiro atoms. The highest BCUT2D eigenvalue weighted by Crippen LogP contribution is 1.91. The topological polar surface area (TPSA) is 75.4 Å². The van der Waals surface area contributed by atoms with Crippen LogP contribution >= 0.6 is 0 Å². The quantitative estimate of drug-likeness (QED) is 0.405. The number of nitrogens with zero attached hydrogens (tertiary/aromatic N) is 1. The van der Waals surface area contributed by atoms with Gasteiger partial charge in [-0.15, -0.1) is 0 Å². The Kier molecular flexibility index (Phi) is 1.46. The van der Waals surface area contributed by atoms with Gasteiger partial charge in [0.2, 0.25) is 0 Å². The van der Waals surface area contributed by atoms with Gasteiger partial charge in [0.05, 0.1) is 6.20 Å². The highest BCUT2D eigenvalue weighted by molar-refractivity contribution is 5.88. The Labute approximate surface area is 50.3 Å². The molecule has 0 saturated carbocycles. The van der Waals surface area contributed by atoms with Gasteiger partial charge < -0.3 is 4.42 Å². The zero-order chi connectivity index (χ0) is 6.69. The molecule has 0 atom stereocenters. The first-order chi connectivity index (χ1) is 4.34. The van der Waals surface area contributed by atoms with E-state index in [1.54, 1.807) is 0 Å². The molecule has 1 amide bonds. The van der Waals surface area contributed by atoms with Crippen molar-refractivity contribution >= 4 is 5.91 Å². The van der Waals surface area contributed by atoms with E-state index in [2.05, 4.69) is 9.40 Å². The molecule has 5 heteroatoms. The Bertz CT molecular complexity index is 194. The van der Waals surface area contributed by atoms with Gasteiger partial charge in [0.15, 0.2) is 0 Å². The van der Waals surface area contributed by atoms with E-state index >= 15 is 0 Å². The van der Waals surface area contributed by atoms with Crippen molar-refractivity contribution in [3.05, 3.63) is 18.4 Å². The molecule has 0 unspecified atom stereocenters. The number of hydroxylamine groups is 1. The molecule has 0 aliphatic carbocycles. The maximum absolute atomic E-state index is 10.4. The lowest BCUT2D eigenvalue weighted by Crippen LogP contribution is -2.18. The summed E-state index contributed by atoms with van der Waals surface area (Å²) in [6.45, 7) is 0. The molecule has 0 saturated heterocycles. The molecule has 1 aromatic heterocycles. The molecule has 9 heavy (non-hydrogen) atoms. The molecule has 2 N–H and O–H groups in total. The Morgan fingerprint density at radius 1 is 1.89 bits per heavy atom. The Hall–Kier alpha value is -1.36. The van der Waals surface area contributed by atoms with E-state index in [0.717, 1.165) is 0 Å². The van der Waals surface area contributed by atoms with Gasteiger partial charge in [-0.25, -0.2) is 10.5 Å². The third kappa shape index (κ3) is 1.06. The monoisotopic (exact) mass is 128 g/mol. The summed E-state index contributed by atoms with van der Waals surface area (Å²) in [4.78, 5) is 13.8. The highest BCUT2D eigenvalue weighted by Gasteiger charge is 2.06. The van der Waals surface area contributed by atoms with Crippen LogP contribution in [0.15, 0.2) is 16.9 Å². The fourth-order valence-corrected chi connectivity index (χ4v) is 0.383. The number of aromatic nitrogens is 1. The van der Waals surface area contributed by atoms with Crippen LogP contribution in [-0.2, 0) is 0 Å². The largest absolute Gasteiger partial charge is 0.441 e. The normalized spacial score (nSPS) is 9.00. The second kappa shape index (κ2) is 2.27. The van der Waals surface area contributed by atoms with Crippen molar-refractivity contribution in [2.24, 2.45) is 0 Å². The van der Waals surface area contributed by atoms with Gasteiger partial charge in [0.1, 0.15) is 6.26 Å². The summed E-state index contributed by atoms with van der Waals surface area (Å²) in [5.74, 6) is -0.905.